The molecule has 0 N–H and O–H groups in total. The average Bonchev–Trinajstić information content (AvgIpc) is 2.86. The fourth-order valence-corrected chi connectivity index (χ4v) is 1.88. The Balaban J connectivity index is 1.84. The summed E-state index contributed by atoms with van der Waals surface area (Å²) in [5.74, 6) is 0.228. The maximum Gasteiger partial charge on any atom is 0.139 e. The van der Waals surface area contributed by atoms with Gasteiger partial charge < -0.3 is 0 Å². The summed E-state index contributed by atoms with van der Waals surface area (Å²) in [6.45, 7) is 4.14. The zero-order valence-corrected chi connectivity index (χ0v) is 11.4. The Bertz CT molecular complexity index is 531. The Hall–Kier alpha value is -1.97. The molecule has 0 radical (unpaired) electrons. The molecule has 0 saturated carbocycles. The van der Waals surface area contributed by atoms with E-state index in [4.69, 9.17) is 0 Å². The number of nitrogens with zero attached hydrogens (tertiary/aromatic N) is 3. The highest BCUT2D eigenvalue weighted by Gasteiger charge is 2.08. The molecule has 0 atom stereocenters. The highest BCUT2D eigenvalue weighted by atomic mass is 16.1. The van der Waals surface area contributed by atoms with E-state index in [0.717, 1.165) is 17.7 Å². The monoisotopic (exact) mass is 257 g/mol. The molecule has 0 bridgehead atoms. The molecule has 0 amide bonds. The van der Waals surface area contributed by atoms with Crippen molar-refractivity contribution in [2.45, 2.75) is 39.2 Å². The largest absolute Gasteiger partial charge is 0.299 e. The molecule has 0 spiro atoms. The first kappa shape index (κ1) is 13.5. The number of hydrogen-bond donors (Lipinski definition) is 0. The summed E-state index contributed by atoms with van der Waals surface area (Å²) in [7, 11) is 0. The summed E-state index contributed by atoms with van der Waals surface area (Å²) in [4.78, 5) is 15.9. The Morgan fingerprint density at radius 1 is 1.26 bits per heavy atom. The molecule has 0 saturated heterocycles. The minimum Gasteiger partial charge on any atom is -0.299 e. The van der Waals surface area contributed by atoms with E-state index in [1.807, 2.05) is 29.1 Å². The molecule has 0 aliphatic carbocycles. The van der Waals surface area contributed by atoms with E-state index in [1.165, 1.54) is 0 Å². The summed E-state index contributed by atoms with van der Waals surface area (Å²) in [6, 6.07) is 6.15. The van der Waals surface area contributed by atoms with Gasteiger partial charge in [0.25, 0.3) is 0 Å². The molecule has 0 aliphatic heterocycles. The van der Waals surface area contributed by atoms with Crippen molar-refractivity contribution in [1.82, 2.24) is 14.8 Å². The lowest BCUT2D eigenvalue weighted by atomic mass is 10.1. The van der Waals surface area contributed by atoms with Crippen LogP contribution >= 0.6 is 0 Å². The van der Waals surface area contributed by atoms with Gasteiger partial charge in [-0.05, 0) is 44.0 Å². The fourth-order valence-electron chi connectivity index (χ4n) is 1.88. The van der Waals surface area contributed by atoms with E-state index < -0.39 is 0 Å². The maximum atomic E-state index is 11.9. The minimum atomic E-state index is 0.228. The number of Topliss-reactive ketones (excluding diaryl/α,β-unsaturated/α-hetero) is 1. The number of ketones is 1. The van der Waals surface area contributed by atoms with Crippen LogP contribution < -0.4 is 0 Å². The molecule has 2 heterocycles. The SMILES string of the molecule is CC(C)n1ccc(CC(=O)CCc2ccncc2)n1. The standard InChI is InChI=1S/C15H19N3O/c1-12(2)18-10-7-14(17-18)11-15(19)4-3-13-5-8-16-9-6-13/h5-10,12H,3-4,11H2,1-2H3. The first-order valence-electron chi connectivity index (χ1n) is 6.60. The van der Waals surface area contributed by atoms with Crippen LogP contribution in [0.4, 0.5) is 0 Å². The highest BCUT2D eigenvalue weighted by Crippen LogP contribution is 2.07. The van der Waals surface area contributed by atoms with Crippen LogP contribution in [0.1, 0.15) is 37.6 Å². The lowest BCUT2D eigenvalue weighted by Crippen LogP contribution is -2.07. The topological polar surface area (TPSA) is 47.8 Å². The molecule has 2 aromatic heterocycles. The number of hydrogen-bond acceptors (Lipinski definition) is 3. The van der Waals surface area contributed by atoms with Gasteiger partial charge in [-0.2, -0.15) is 5.10 Å². The van der Waals surface area contributed by atoms with Crippen LogP contribution in [-0.2, 0) is 17.6 Å². The Morgan fingerprint density at radius 3 is 2.63 bits per heavy atom. The number of carbonyl (C=O) groups excluding carboxylic acids is 1. The highest BCUT2D eigenvalue weighted by molar-refractivity contribution is 5.80. The van der Waals surface area contributed by atoms with E-state index in [0.29, 0.717) is 18.9 Å². The van der Waals surface area contributed by atoms with Crippen molar-refractivity contribution in [3.63, 3.8) is 0 Å². The summed E-state index contributed by atoms with van der Waals surface area (Å²) < 4.78 is 1.88. The molecule has 0 fully saturated rings. The summed E-state index contributed by atoms with van der Waals surface area (Å²) in [5, 5.41) is 4.39. The van der Waals surface area contributed by atoms with Crippen molar-refractivity contribution in [2.75, 3.05) is 0 Å². The molecular formula is C15H19N3O. The van der Waals surface area contributed by atoms with Crippen LogP contribution in [0.25, 0.3) is 0 Å². The molecule has 0 unspecified atom stereocenters. The zero-order chi connectivity index (χ0) is 13.7. The minimum absolute atomic E-state index is 0.228. The first-order chi connectivity index (χ1) is 9.15. The van der Waals surface area contributed by atoms with Gasteiger partial charge in [0.15, 0.2) is 0 Å². The van der Waals surface area contributed by atoms with Gasteiger partial charge in [0.1, 0.15) is 5.78 Å². The van der Waals surface area contributed by atoms with Gasteiger partial charge in [-0.15, -0.1) is 0 Å². The number of pyridine rings is 1. The molecular weight excluding hydrogens is 238 g/mol. The lowest BCUT2D eigenvalue weighted by molar-refractivity contribution is -0.118. The second-order valence-electron chi connectivity index (χ2n) is 4.95. The maximum absolute atomic E-state index is 11.9. The normalized spacial score (nSPS) is 10.9. The van der Waals surface area contributed by atoms with Crippen LogP contribution in [0.5, 0.6) is 0 Å². The van der Waals surface area contributed by atoms with E-state index in [1.54, 1.807) is 12.4 Å². The van der Waals surface area contributed by atoms with Gasteiger partial charge in [0.05, 0.1) is 12.1 Å². The van der Waals surface area contributed by atoms with E-state index in [9.17, 15) is 4.79 Å². The van der Waals surface area contributed by atoms with Crippen molar-refractivity contribution in [2.24, 2.45) is 0 Å². The van der Waals surface area contributed by atoms with Gasteiger partial charge in [-0.3, -0.25) is 14.5 Å². The fraction of sp³-hybridized carbons (Fsp3) is 0.400. The van der Waals surface area contributed by atoms with Gasteiger partial charge in [0, 0.05) is 31.1 Å². The third-order valence-electron chi connectivity index (χ3n) is 3.01. The summed E-state index contributed by atoms with van der Waals surface area (Å²) in [5.41, 5.74) is 2.00. The first-order valence-corrected chi connectivity index (χ1v) is 6.60. The number of aromatic nitrogens is 3. The molecule has 19 heavy (non-hydrogen) atoms. The van der Waals surface area contributed by atoms with Crippen molar-refractivity contribution in [1.29, 1.82) is 0 Å². The van der Waals surface area contributed by atoms with Gasteiger partial charge in [0.2, 0.25) is 0 Å². The molecule has 0 aromatic carbocycles. The molecule has 4 nitrogen and oxygen atoms in total. The van der Waals surface area contributed by atoms with Crippen LogP contribution in [0, 0.1) is 0 Å². The van der Waals surface area contributed by atoms with Crippen LogP contribution in [-0.4, -0.2) is 20.5 Å². The van der Waals surface area contributed by atoms with E-state index >= 15 is 0 Å². The van der Waals surface area contributed by atoms with E-state index in [-0.39, 0.29) is 5.78 Å². The zero-order valence-electron chi connectivity index (χ0n) is 11.4. The Morgan fingerprint density at radius 2 is 2.00 bits per heavy atom. The number of rotatable bonds is 6. The number of carbonyl (C=O) groups is 1. The smallest absolute Gasteiger partial charge is 0.139 e. The average molecular weight is 257 g/mol. The predicted molar refractivity (Wildman–Crippen MR) is 73.9 cm³/mol. The molecule has 2 rings (SSSR count). The van der Waals surface area contributed by atoms with Crippen molar-refractivity contribution >= 4 is 5.78 Å². The third kappa shape index (κ3) is 4.02. The van der Waals surface area contributed by atoms with Crippen molar-refractivity contribution in [3.8, 4) is 0 Å². The summed E-state index contributed by atoms with van der Waals surface area (Å²) >= 11 is 0. The second-order valence-corrected chi connectivity index (χ2v) is 4.95. The Kier molecular flexibility index (Phi) is 4.44. The van der Waals surface area contributed by atoms with Gasteiger partial charge >= 0.3 is 0 Å². The van der Waals surface area contributed by atoms with Gasteiger partial charge in [-0.25, -0.2) is 0 Å². The van der Waals surface area contributed by atoms with Crippen molar-refractivity contribution < 1.29 is 4.79 Å². The van der Waals surface area contributed by atoms with Crippen LogP contribution in [0.3, 0.4) is 0 Å². The second kappa shape index (κ2) is 6.27. The van der Waals surface area contributed by atoms with E-state index in [2.05, 4.69) is 23.9 Å². The quantitative estimate of drug-likeness (QED) is 0.799. The molecule has 0 aliphatic rings. The summed E-state index contributed by atoms with van der Waals surface area (Å²) in [6.07, 6.45) is 7.18. The molecule has 100 valence electrons. The third-order valence-corrected chi connectivity index (χ3v) is 3.01. The Labute approximate surface area is 113 Å². The predicted octanol–water partition coefficient (Wildman–Crippen LogP) is 2.60. The van der Waals surface area contributed by atoms with Crippen molar-refractivity contribution in [3.05, 3.63) is 48.0 Å². The van der Waals surface area contributed by atoms with Gasteiger partial charge in [-0.1, -0.05) is 0 Å². The molecule has 4 heteroatoms. The lowest BCUT2D eigenvalue weighted by Gasteiger charge is -2.03. The number of aryl methyl sites for hydroxylation is 1. The van der Waals surface area contributed by atoms with Crippen LogP contribution in [0.15, 0.2) is 36.8 Å². The molecule has 2 aromatic rings. The van der Waals surface area contributed by atoms with Crippen LogP contribution in [0.2, 0.25) is 0 Å².